The van der Waals surface area contributed by atoms with Gasteiger partial charge in [-0.25, -0.2) is 12.2 Å². The van der Waals surface area contributed by atoms with Crippen LogP contribution in [0.25, 0.3) is 43.8 Å². The third-order valence-corrected chi connectivity index (χ3v) is 8.19. The number of benzene rings is 4. The summed E-state index contributed by atoms with van der Waals surface area (Å²) in [5.74, 6) is 0. The monoisotopic (exact) mass is 624 g/mol. The molecule has 0 radical (unpaired) electrons. The number of hydrogen-bond donors (Lipinski definition) is 0. The third kappa shape index (κ3) is 8.52. The molecule has 0 aliphatic heterocycles. The van der Waals surface area contributed by atoms with Crippen molar-refractivity contribution < 1.29 is 49.0 Å². The Morgan fingerprint density at radius 3 is 1.46 bits per heavy atom. The molecule has 3 heteroatoms. The average molecular weight is 627 g/mol. The van der Waals surface area contributed by atoms with Crippen LogP contribution in [0.1, 0.15) is 38.5 Å². The van der Waals surface area contributed by atoms with Crippen LogP contribution in [0.5, 0.6) is 0 Å². The Bertz CT molecular complexity index is 1420. The van der Waals surface area contributed by atoms with E-state index in [1.807, 2.05) is 12.2 Å². The molecule has 0 spiro atoms. The van der Waals surface area contributed by atoms with Gasteiger partial charge in [-0.3, -0.25) is 6.08 Å². The minimum atomic E-state index is 0. The SMILES string of the molecule is [C-]1=CC=CC1.[Cl-].[Cl-].[Zr+2]=[C]1CCCCC1.c1ccc(-c2ccc3[cH-]c4ccc(-c5ccccc5)cc4c3c2)cc1. The Morgan fingerprint density at radius 1 is 0.590 bits per heavy atom. The van der Waals surface area contributed by atoms with Gasteiger partial charge >= 0.3 is 59.5 Å². The fourth-order valence-corrected chi connectivity index (χ4v) is 5.81. The van der Waals surface area contributed by atoms with Gasteiger partial charge in [0.25, 0.3) is 0 Å². The van der Waals surface area contributed by atoms with E-state index < -0.39 is 0 Å². The van der Waals surface area contributed by atoms with Gasteiger partial charge in [0.1, 0.15) is 0 Å². The van der Waals surface area contributed by atoms with Gasteiger partial charge in [-0.1, -0.05) is 84.9 Å². The molecule has 2 aliphatic carbocycles. The summed E-state index contributed by atoms with van der Waals surface area (Å²) in [5.41, 5.74) is 5.06. The summed E-state index contributed by atoms with van der Waals surface area (Å²) in [4.78, 5) is 0. The van der Waals surface area contributed by atoms with Crippen molar-refractivity contribution in [1.82, 2.24) is 0 Å². The number of hydrogen-bond acceptors (Lipinski definition) is 0. The fourth-order valence-electron chi connectivity index (χ4n) is 4.94. The van der Waals surface area contributed by atoms with E-state index in [0.717, 1.165) is 6.42 Å². The minimum Gasteiger partial charge on any atom is -0.126 e. The molecule has 0 nitrogen and oxygen atoms in total. The van der Waals surface area contributed by atoms with Gasteiger partial charge in [-0.2, -0.15) is 6.08 Å². The van der Waals surface area contributed by atoms with Crippen LogP contribution >= 0.6 is 0 Å². The molecule has 0 aromatic heterocycles. The van der Waals surface area contributed by atoms with Crippen LogP contribution in [0, 0.1) is 6.08 Å². The van der Waals surface area contributed by atoms with Crippen molar-refractivity contribution in [1.29, 1.82) is 0 Å². The molecule has 0 N–H and O–H groups in total. The molecule has 1 fully saturated rings. The number of rotatable bonds is 2. The maximum absolute atomic E-state index is 2.99. The largest absolute Gasteiger partial charge is 0.126 e. The maximum Gasteiger partial charge on any atom is -0.0197 e. The summed E-state index contributed by atoms with van der Waals surface area (Å²) in [6, 6.07) is 37.0. The zero-order valence-corrected chi connectivity index (χ0v) is 26.0. The van der Waals surface area contributed by atoms with Gasteiger partial charge in [0.2, 0.25) is 0 Å². The van der Waals surface area contributed by atoms with Gasteiger partial charge in [-0.05, 0) is 22.3 Å². The van der Waals surface area contributed by atoms with Gasteiger partial charge in [-0.15, -0.1) is 46.2 Å². The first-order chi connectivity index (χ1) is 18.3. The second kappa shape index (κ2) is 16.0. The van der Waals surface area contributed by atoms with E-state index in [2.05, 4.69) is 115 Å². The second-order valence-electron chi connectivity index (χ2n) is 9.65. The van der Waals surface area contributed by atoms with Crippen LogP contribution in [0.3, 0.4) is 0 Å². The Hall–Kier alpha value is -2.44. The maximum atomic E-state index is 2.99. The van der Waals surface area contributed by atoms with Crippen molar-refractivity contribution in [2.45, 2.75) is 38.5 Å². The summed E-state index contributed by atoms with van der Waals surface area (Å²) in [5, 5.41) is 5.27. The number of halogens is 2. The zero-order chi connectivity index (χ0) is 25.3. The topological polar surface area (TPSA) is 0 Å². The van der Waals surface area contributed by atoms with Crippen molar-refractivity contribution in [3.63, 3.8) is 0 Å². The third-order valence-electron chi connectivity index (χ3n) is 6.96. The van der Waals surface area contributed by atoms with E-state index in [9.17, 15) is 0 Å². The second-order valence-corrected chi connectivity index (χ2v) is 11.4. The summed E-state index contributed by atoms with van der Waals surface area (Å²) >= 11 is 1.69. The Balaban J connectivity index is 0.000000250. The Morgan fingerprint density at radius 2 is 1.10 bits per heavy atom. The van der Waals surface area contributed by atoms with E-state index in [4.69, 9.17) is 0 Å². The smallest absolute Gasteiger partial charge is 0.0197 e. The molecule has 0 amide bonds. The molecule has 5 aromatic carbocycles. The van der Waals surface area contributed by atoms with E-state index >= 15 is 0 Å². The van der Waals surface area contributed by atoms with Crippen LogP contribution in [0.4, 0.5) is 0 Å². The standard InChI is InChI=1S/C25H17.C6H10.C5H5.2ClH.Zr/c1-3-7-18(8-4-1)20-11-13-22-15-23-14-12-21(17-25(23)24(22)16-20)19-9-5-2-6-10-19;1-2-4-6-5-3-1;1-2-4-5-3-1;;;/h1-17H;1-5H2;1-3H,4H2;2*1H;/q-1;;-1;;;+2/p-2. The van der Waals surface area contributed by atoms with Crippen molar-refractivity contribution in [3.8, 4) is 22.3 Å². The number of fused-ring (bicyclic) bond motifs is 3. The summed E-state index contributed by atoms with van der Waals surface area (Å²) in [6.45, 7) is 0. The van der Waals surface area contributed by atoms with Crippen molar-refractivity contribution >= 4 is 24.8 Å². The van der Waals surface area contributed by atoms with E-state index in [1.165, 1.54) is 75.9 Å². The van der Waals surface area contributed by atoms with Crippen LogP contribution in [0.15, 0.2) is 121 Å². The molecule has 196 valence electrons. The van der Waals surface area contributed by atoms with E-state index in [0.29, 0.717) is 0 Å². The molecule has 2 aliphatic rings. The quantitative estimate of drug-likeness (QED) is 0.260. The minimum absolute atomic E-state index is 0. The van der Waals surface area contributed by atoms with Gasteiger partial charge in [0, 0.05) is 0 Å². The van der Waals surface area contributed by atoms with Crippen molar-refractivity contribution in [2.24, 2.45) is 0 Å². The molecule has 39 heavy (non-hydrogen) atoms. The zero-order valence-electron chi connectivity index (χ0n) is 22.0. The van der Waals surface area contributed by atoms with Crippen LogP contribution in [-0.4, -0.2) is 3.21 Å². The molecule has 0 unspecified atom stereocenters. The average Bonchev–Trinajstić information content (AvgIpc) is 3.66. The van der Waals surface area contributed by atoms with Gasteiger partial charge in [0.05, 0.1) is 0 Å². The van der Waals surface area contributed by atoms with E-state index in [1.54, 1.807) is 27.4 Å². The predicted octanol–water partition coefficient (Wildman–Crippen LogP) is 4.03. The Labute approximate surface area is 260 Å². The van der Waals surface area contributed by atoms with Crippen molar-refractivity contribution in [3.05, 3.63) is 127 Å². The molecule has 1 saturated carbocycles. The number of allylic oxidation sites excluding steroid dienone is 4. The van der Waals surface area contributed by atoms with Crippen molar-refractivity contribution in [2.75, 3.05) is 0 Å². The van der Waals surface area contributed by atoms with Gasteiger partial charge < -0.3 is 24.8 Å². The molecule has 5 aromatic rings. The molecule has 0 bridgehead atoms. The fraction of sp³-hybridized carbons (Fsp3) is 0.167. The van der Waals surface area contributed by atoms with E-state index in [-0.39, 0.29) is 24.8 Å². The molecule has 7 rings (SSSR count). The van der Waals surface area contributed by atoms with Crippen LogP contribution in [-0.2, 0) is 24.2 Å². The summed E-state index contributed by atoms with van der Waals surface area (Å²) in [6.07, 6.45) is 17.3. The normalized spacial score (nSPS) is 13.5. The first-order valence-corrected chi connectivity index (χ1v) is 14.5. The van der Waals surface area contributed by atoms with Crippen LogP contribution in [0.2, 0.25) is 0 Å². The molecule has 0 saturated heterocycles. The van der Waals surface area contributed by atoms with Crippen LogP contribution < -0.4 is 24.8 Å². The first-order valence-electron chi connectivity index (χ1n) is 13.3. The predicted molar refractivity (Wildman–Crippen MR) is 158 cm³/mol. The molecular weight excluding hydrogens is 595 g/mol. The molecule has 0 atom stereocenters. The van der Waals surface area contributed by atoms with Gasteiger partial charge in [0.15, 0.2) is 0 Å². The Kier molecular flexibility index (Phi) is 12.7. The molecular formula is C36H32Cl2Zr-2. The first kappa shape index (κ1) is 31.1. The summed E-state index contributed by atoms with van der Waals surface area (Å²) < 4.78 is 1.80. The summed E-state index contributed by atoms with van der Waals surface area (Å²) in [7, 11) is 0. The molecule has 0 heterocycles.